The number of aromatic nitrogens is 2. The number of methoxy groups -OCH3 is 1. The lowest BCUT2D eigenvalue weighted by Gasteiger charge is -2.21. The van der Waals surface area contributed by atoms with Crippen LogP contribution < -0.4 is 14.5 Å². The number of benzene rings is 1. The number of anilines is 2. The molecule has 1 aliphatic heterocycles. The molecule has 1 saturated heterocycles. The number of carbonyl (C=O) groups is 1. The quantitative estimate of drug-likeness (QED) is 0.694. The second-order valence-electron chi connectivity index (χ2n) is 5.97. The smallest absolute Gasteiger partial charge is 0.331 e. The van der Waals surface area contributed by atoms with Gasteiger partial charge < -0.3 is 4.74 Å². The topological polar surface area (TPSA) is 82.3 Å². The lowest BCUT2D eigenvalue weighted by molar-refractivity contribution is 0.255. The first-order valence-electron chi connectivity index (χ1n) is 8.16. The van der Waals surface area contributed by atoms with E-state index in [2.05, 4.69) is 16.0 Å². The molecule has 27 heavy (non-hydrogen) atoms. The van der Waals surface area contributed by atoms with Crippen molar-refractivity contribution < 1.29 is 9.53 Å². The van der Waals surface area contributed by atoms with E-state index in [1.54, 1.807) is 18.5 Å². The third-order valence-corrected chi connectivity index (χ3v) is 4.64. The molecule has 2 aromatic heterocycles. The molecule has 1 fully saturated rings. The van der Waals surface area contributed by atoms with Crippen LogP contribution in [0.4, 0.5) is 16.3 Å². The van der Waals surface area contributed by atoms with Crippen molar-refractivity contribution in [3.8, 4) is 11.8 Å². The van der Waals surface area contributed by atoms with Crippen LogP contribution in [0.3, 0.4) is 0 Å². The highest BCUT2D eigenvalue weighted by atomic mass is 35.5. The van der Waals surface area contributed by atoms with E-state index in [4.69, 9.17) is 16.3 Å². The molecule has 0 unspecified atom stereocenters. The number of rotatable bonds is 3. The van der Waals surface area contributed by atoms with E-state index in [0.717, 1.165) is 10.8 Å². The number of hydrogen-bond donors (Lipinski definition) is 0. The number of fused-ring (bicyclic) bond motifs is 1. The molecule has 1 aliphatic rings. The summed E-state index contributed by atoms with van der Waals surface area (Å²) in [5, 5.41) is 11.8. The van der Waals surface area contributed by atoms with E-state index in [1.165, 1.54) is 23.1 Å². The Balaban J connectivity index is 1.81. The van der Waals surface area contributed by atoms with Gasteiger partial charge in [0.2, 0.25) is 0 Å². The van der Waals surface area contributed by atoms with Gasteiger partial charge in [0.25, 0.3) is 0 Å². The van der Waals surface area contributed by atoms with Gasteiger partial charge >= 0.3 is 6.03 Å². The summed E-state index contributed by atoms with van der Waals surface area (Å²) in [6.07, 6.45) is 4.76. The van der Waals surface area contributed by atoms with Crippen molar-refractivity contribution in [1.82, 2.24) is 9.97 Å². The monoisotopic (exact) mass is 379 g/mol. The summed E-state index contributed by atoms with van der Waals surface area (Å²) < 4.78 is 5.31. The molecule has 3 aromatic rings. The Morgan fingerprint density at radius 2 is 2.11 bits per heavy atom. The first-order chi connectivity index (χ1) is 13.1. The summed E-state index contributed by atoms with van der Waals surface area (Å²) in [5.41, 5.74) is 0.583. The van der Waals surface area contributed by atoms with Crippen LogP contribution in [0.1, 0.15) is 0 Å². The molecular formula is C19H14ClN5O2. The van der Waals surface area contributed by atoms with Crippen molar-refractivity contribution in [2.75, 3.05) is 23.5 Å². The highest BCUT2D eigenvalue weighted by molar-refractivity contribution is 6.30. The zero-order valence-electron chi connectivity index (χ0n) is 14.3. The molecule has 0 aliphatic carbocycles. The number of ether oxygens (including phenoxy) is 1. The molecule has 0 saturated carbocycles. The fourth-order valence-electron chi connectivity index (χ4n) is 3.20. The third-order valence-electron chi connectivity index (χ3n) is 4.44. The van der Waals surface area contributed by atoms with Gasteiger partial charge in [-0.2, -0.15) is 5.26 Å². The second-order valence-corrected chi connectivity index (χ2v) is 6.40. The average Bonchev–Trinajstić information content (AvgIpc) is 3.03. The predicted molar refractivity (Wildman–Crippen MR) is 102 cm³/mol. The number of nitriles is 1. The number of nitrogens with zero attached hydrogens (tertiary/aromatic N) is 5. The van der Waals surface area contributed by atoms with E-state index in [9.17, 15) is 10.1 Å². The first-order valence-corrected chi connectivity index (χ1v) is 8.54. The van der Waals surface area contributed by atoms with Crippen LogP contribution in [0.2, 0.25) is 5.02 Å². The van der Waals surface area contributed by atoms with E-state index >= 15 is 0 Å². The molecule has 0 bridgehead atoms. The van der Waals surface area contributed by atoms with Crippen LogP contribution in [0.25, 0.3) is 10.8 Å². The van der Waals surface area contributed by atoms with Crippen molar-refractivity contribution in [1.29, 1.82) is 5.26 Å². The molecule has 2 amide bonds. The van der Waals surface area contributed by atoms with Crippen LogP contribution in [0, 0.1) is 11.3 Å². The van der Waals surface area contributed by atoms with E-state index in [-0.39, 0.29) is 12.6 Å². The Morgan fingerprint density at radius 3 is 2.89 bits per heavy atom. The summed E-state index contributed by atoms with van der Waals surface area (Å²) in [6.45, 7) is 0.156. The maximum Gasteiger partial charge on any atom is 0.331 e. The molecular weight excluding hydrogens is 366 g/mol. The Hall–Kier alpha value is -3.37. The number of hydrogen-bond acceptors (Lipinski definition) is 5. The van der Waals surface area contributed by atoms with Crippen molar-refractivity contribution in [2.24, 2.45) is 0 Å². The normalized spacial score (nSPS) is 16.6. The van der Waals surface area contributed by atoms with Crippen molar-refractivity contribution in [3.05, 3.63) is 53.9 Å². The Bertz CT molecular complexity index is 1080. The van der Waals surface area contributed by atoms with Crippen LogP contribution in [-0.2, 0) is 0 Å². The molecule has 0 spiro atoms. The van der Waals surface area contributed by atoms with Gasteiger partial charge in [0.1, 0.15) is 6.04 Å². The maximum atomic E-state index is 13.2. The van der Waals surface area contributed by atoms with Gasteiger partial charge in [0, 0.05) is 29.2 Å². The molecule has 4 rings (SSSR count). The number of pyridine rings is 2. The largest absolute Gasteiger partial charge is 0.493 e. The SMILES string of the molecule is COc1cc(Cl)cnc1N1C[C@@H](C#N)N(c2cncc3ccccc23)C1=O. The van der Waals surface area contributed by atoms with Gasteiger partial charge in [-0.1, -0.05) is 35.9 Å². The minimum atomic E-state index is -0.688. The van der Waals surface area contributed by atoms with Crippen LogP contribution >= 0.6 is 11.6 Å². The van der Waals surface area contributed by atoms with Crippen molar-refractivity contribution in [3.63, 3.8) is 0 Å². The first kappa shape index (κ1) is 17.1. The van der Waals surface area contributed by atoms with Gasteiger partial charge in [0.15, 0.2) is 11.6 Å². The lowest BCUT2D eigenvalue weighted by Crippen LogP contribution is -2.35. The molecule has 8 heteroatoms. The van der Waals surface area contributed by atoms with Crippen LogP contribution in [0.15, 0.2) is 48.9 Å². The summed E-state index contributed by atoms with van der Waals surface area (Å²) >= 11 is 5.97. The third kappa shape index (κ3) is 2.80. The standard InChI is InChI=1S/C19H14ClN5O2/c1-27-17-6-13(20)9-23-18(17)24-11-14(7-21)25(19(24)26)16-10-22-8-12-4-2-3-5-15(12)16/h2-6,8-10,14H,11H2,1H3/t14-/m1/s1. The molecule has 0 N–H and O–H groups in total. The van der Waals surface area contributed by atoms with Crippen molar-refractivity contribution >= 4 is 39.9 Å². The Morgan fingerprint density at radius 1 is 1.30 bits per heavy atom. The second kappa shape index (κ2) is 6.74. The number of amides is 2. The van der Waals surface area contributed by atoms with Gasteiger partial charge in [-0.15, -0.1) is 0 Å². The van der Waals surface area contributed by atoms with Gasteiger partial charge in [-0.25, -0.2) is 9.78 Å². The highest BCUT2D eigenvalue weighted by Crippen LogP contribution is 2.36. The summed E-state index contributed by atoms with van der Waals surface area (Å²) in [5.74, 6) is 0.688. The zero-order valence-corrected chi connectivity index (χ0v) is 15.1. The van der Waals surface area contributed by atoms with Crippen LogP contribution in [0.5, 0.6) is 5.75 Å². The number of halogens is 1. The molecule has 1 aromatic carbocycles. The molecule has 134 valence electrons. The molecule has 0 radical (unpaired) electrons. The molecule has 3 heterocycles. The van der Waals surface area contributed by atoms with E-state index in [0.29, 0.717) is 22.3 Å². The fraction of sp³-hybridized carbons (Fsp3) is 0.158. The fourth-order valence-corrected chi connectivity index (χ4v) is 3.35. The Kier molecular flexibility index (Phi) is 4.26. The minimum Gasteiger partial charge on any atom is -0.493 e. The molecule has 1 atom stereocenters. The zero-order chi connectivity index (χ0) is 19.0. The Labute approximate surface area is 160 Å². The average molecular weight is 380 g/mol. The van der Waals surface area contributed by atoms with E-state index < -0.39 is 6.04 Å². The number of urea groups is 1. The lowest BCUT2D eigenvalue weighted by atomic mass is 10.1. The highest BCUT2D eigenvalue weighted by Gasteiger charge is 2.41. The minimum absolute atomic E-state index is 0.156. The van der Waals surface area contributed by atoms with Gasteiger partial charge in [-0.05, 0) is 0 Å². The maximum absolute atomic E-state index is 13.2. The molecule has 7 nitrogen and oxygen atoms in total. The summed E-state index contributed by atoms with van der Waals surface area (Å²) in [4.78, 5) is 24.5. The van der Waals surface area contributed by atoms with Crippen LogP contribution in [-0.4, -0.2) is 35.7 Å². The summed E-state index contributed by atoms with van der Waals surface area (Å²) in [6, 6.07) is 10.3. The van der Waals surface area contributed by atoms with Gasteiger partial charge in [-0.3, -0.25) is 14.8 Å². The van der Waals surface area contributed by atoms with Gasteiger partial charge in [0.05, 0.1) is 36.6 Å². The summed E-state index contributed by atoms with van der Waals surface area (Å²) in [7, 11) is 1.48. The van der Waals surface area contributed by atoms with Crippen molar-refractivity contribution in [2.45, 2.75) is 6.04 Å². The van der Waals surface area contributed by atoms with E-state index in [1.807, 2.05) is 24.3 Å². The predicted octanol–water partition coefficient (Wildman–Crippen LogP) is 3.63. The number of carbonyl (C=O) groups excluding carboxylic acids is 1.